The number of hydrogen-bond donors (Lipinski definition) is 1. The van der Waals surface area contributed by atoms with Crippen molar-refractivity contribution in [2.45, 2.75) is 13.8 Å². The van der Waals surface area contributed by atoms with Crippen LogP contribution in [-0.4, -0.2) is 38.7 Å². The summed E-state index contributed by atoms with van der Waals surface area (Å²) in [6.45, 7) is 5.19. The summed E-state index contributed by atoms with van der Waals surface area (Å²) < 4.78 is 2.33. The highest BCUT2D eigenvalue weighted by molar-refractivity contribution is 9.10. The van der Waals surface area contributed by atoms with Gasteiger partial charge in [0.05, 0.1) is 10.2 Å². The van der Waals surface area contributed by atoms with Crippen molar-refractivity contribution in [1.82, 2.24) is 19.7 Å². The quantitative estimate of drug-likeness (QED) is 0.926. The van der Waals surface area contributed by atoms with Crippen LogP contribution >= 0.6 is 15.9 Å². The first kappa shape index (κ1) is 14.5. The normalized spacial score (nSPS) is 10.6. The third kappa shape index (κ3) is 2.82. The Morgan fingerprint density at radius 2 is 2.15 bits per heavy atom. The van der Waals surface area contributed by atoms with E-state index in [0.29, 0.717) is 29.1 Å². The van der Waals surface area contributed by atoms with E-state index in [2.05, 4.69) is 26.0 Å². The highest BCUT2D eigenvalue weighted by Gasteiger charge is 2.15. The first-order valence-electron chi connectivity index (χ1n) is 6.33. The van der Waals surface area contributed by atoms with Gasteiger partial charge in [-0.05, 0) is 41.9 Å². The summed E-state index contributed by atoms with van der Waals surface area (Å²) in [7, 11) is 0. The first-order valence-corrected chi connectivity index (χ1v) is 7.12. The molecule has 20 heavy (non-hydrogen) atoms. The molecular weight excluding hydrogens is 322 g/mol. The number of nitrogen functional groups attached to an aromatic ring is 1. The zero-order chi connectivity index (χ0) is 14.7. The number of nitrogens with zero attached hydrogens (tertiary/aromatic N) is 4. The monoisotopic (exact) mass is 337 g/mol. The molecular formula is C13H16BrN5O. The van der Waals surface area contributed by atoms with E-state index in [-0.39, 0.29) is 5.91 Å². The molecule has 2 N–H and O–H groups in total. The number of halogens is 1. The van der Waals surface area contributed by atoms with Crippen LogP contribution in [0.25, 0.3) is 5.69 Å². The molecule has 2 aromatic heterocycles. The minimum Gasteiger partial charge on any atom is -0.381 e. The summed E-state index contributed by atoms with van der Waals surface area (Å²) in [5.41, 5.74) is 6.84. The Balaban J connectivity index is 2.35. The number of hydrogen-bond acceptors (Lipinski definition) is 4. The van der Waals surface area contributed by atoms with Crippen molar-refractivity contribution in [3.05, 3.63) is 34.7 Å². The molecule has 2 heterocycles. The lowest BCUT2D eigenvalue weighted by Gasteiger charge is -2.18. The molecule has 7 heteroatoms. The Kier molecular flexibility index (Phi) is 4.39. The molecule has 0 atom stereocenters. The van der Waals surface area contributed by atoms with Gasteiger partial charge in [0.2, 0.25) is 0 Å². The minimum absolute atomic E-state index is 0.0870. The molecule has 0 fully saturated rings. The Labute approximate surface area is 125 Å². The Hall–Kier alpha value is -1.89. The number of carbonyl (C=O) groups is 1. The van der Waals surface area contributed by atoms with Crippen molar-refractivity contribution < 1.29 is 4.79 Å². The van der Waals surface area contributed by atoms with Crippen LogP contribution < -0.4 is 5.73 Å². The zero-order valence-corrected chi connectivity index (χ0v) is 13.0. The van der Waals surface area contributed by atoms with Gasteiger partial charge in [-0.3, -0.25) is 9.78 Å². The number of amides is 1. The van der Waals surface area contributed by atoms with E-state index in [4.69, 9.17) is 5.73 Å². The van der Waals surface area contributed by atoms with Gasteiger partial charge in [0.25, 0.3) is 5.91 Å². The minimum atomic E-state index is -0.0870. The number of nitrogens with two attached hydrogens (primary N) is 1. The zero-order valence-electron chi connectivity index (χ0n) is 11.4. The van der Waals surface area contributed by atoms with Gasteiger partial charge in [0.15, 0.2) is 5.82 Å². The van der Waals surface area contributed by atoms with E-state index in [1.165, 1.54) is 0 Å². The van der Waals surface area contributed by atoms with E-state index in [9.17, 15) is 4.79 Å². The fraction of sp³-hybridized carbons (Fsp3) is 0.308. The number of aromatic nitrogens is 3. The first-order chi connectivity index (χ1) is 9.56. The Bertz CT molecular complexity index is 601. The van der Waals surface area contributed by atoms with Crippen LogP contribution in [0.3, 0.4) is 0 Å². The summed E-state index contributed by atoms with van der Waals surface area (Å²) in [6, 6.07) is 3.48. The van der Waals surface area contributed by atoms with Gasteiger partial charge < -0.3 is 10.6 Å². The lowest BCUT2D eigenvalue weighted by molar-refractivity contribution is 0.0767. The molecule has 2 rings (SSSR count). The number of anilines is 1. The van der Waals surface area contributed by atoms with E-state index in [1.54, 1.807) is 34.1 Å². The summed E-state index contributed by atoms with van der Waals surface area (Å²) in [5, 5.41) is 4.16. The van der Waals surface area contributed by atoms with E-state index in [0.717, 1.165) is 5.69 Å². The van der Waals surface area contributed by atoms with Gasteiger partial charge in [-0.1, -0.05) is 0 Å². The van der Waals surface area contributed by atoms with Gasteiger partial charge >= 0.3 is 0 Å². The molecule has 0 aromatic carbocycles. The smallest absolute Gasteiger partial charge is 0.272 e. The van der Waals surface area contributed by atoms with Gasteiger partial charge in [-0.2, -0.15) is 0 Å². The molecule has 1 amide bonds. The highest BCUT2D eigenvalue weighted by Crippen LogP contribution is 2.19. The molecule has 0 saturated carbocycles. The molecule has 0 radical (unpaired) electrons. The molecule has 0 bridgehead atoms. The average molecular weight is 338 g/mol. The van der Waals surface area contributed by atoms with Crippen molar-refractivity contribution >= 4 is 27.7 Å². The predicted octanol–water partition coefficient (Wildman–Crippen LogP) is 2.09. The van der Waals surface area contributed by atoms with Crippen molar-refractivity contribution in [3.8, 4) is 5.69 Å². The van der Waals surface area contributed by atoms with Crippen molar-refractivity contribution in [1.29, 1.82) is 0 Å². The summed E-state index contributed by atoms with van der Waals surface area (Å²) in [6.07, 6.45) is 3.34. The second kappa shape index (κ2) is 6.04. The van der Waals surface area contributed by atoms with Crippen LogP contribution in [0.2, 0.25) is 0 Å². The molecule has 0 unspecified atom stereocenters. The molecule has 0 aliphatic rings. The number of rotatable bonds is 4. The second-order valence-electron chi connectivity index (χ2n) is 4.18. The fourth-order valence-corrected chi connectivity index (χ4v) is 2.12. The van der Waals surface area contributed by atoms with Crippen molar-refractivity contribution in [2.24, 2.45) is 0 Å². The predicted molar refractivity (Wildman–Crippen MR) is 80.7 cm³/mol. The Morgan fingerprint density at radius 1 is 1.45 bits per heavy atom. The van der Waals surface area contributed by atoms with Crippen LogP contribution in [0.15, 0.2) is 29.0 Å². The van der Waals surface area contributed by atoms with Crippen molar-refractivity contribution in [3.63, 3.8) is 0 Å². The maximum atomic E-state index is 12.3. The Morgan fingerprint density at radius 3 is 2.70 bits per heavy atom. The van der Waals surface area contributed by atoms with E-state index >= 15 is 0 Å². The molecule has 106 valence electrons. The third-order valence-electron chi connectivity index (χ3n) is 2.97. The molecule has 0 aliphatic carbocycles. The van der Waals surface area contributed by atoms with Crippen LogP contribution in [0.1, 0.15) is 24.3 Å². The van der Waals surface area contributed by atoms with Crippen LogP contribution in [0.5, 0.6) is 0 Å². The molecule has 2 aromatic rings. The molecule has 6 nitrogen and oxygen atoms in total. The van der Waals surface area contributed by atoms with Crippen LogP contribution in [0.4, 0.5) is 5.82 Å². The average Bonchev–Trinajstić information content (AvgIpc) is 2.80. The number of pyridine rings is 1. The number of carbonyl (C=O) groups excluding carboxylic acids is 1. The summed E-state index contributed by atoms with van der Waals surface area (Å²) >= 11 is 3.31. The van der Waals surface area contributed by atoms with E-state index in [1.807, 2.05) is 13.8 Å². The topological polar surface area (TPSA) is 77.0 Å². The van der Waals surface area contributed by atoms with Crippen LogP contribution in [-0.2, 0) is 0 Å². The SMILES string of the molecule is CCN(CC)C(=O)c1cc(-n2cc(Br)c(N)n2)ccn1. The standard InChI is InChI=1S/C13H16BrN5O/c1-3-18(4-2)13(20)11-7-9(5-6-16-11)19-8-10(14)12(15)17-19/h5-8H,3-4H2,1-2H3,(H2,15,17). The second-order valence-corrected chi connectivity index (χ2v) is 5.04. The summed E-state index contributed by atoms with van der Waals surface area (Å²) in [4.78, 5) is 18.1. The van der Waals surface area contributed by atoms with Gasteiger partial charge in [-0.15, -0.1) is 5.10 Å². The third-order valence-corrected chi connectivity index (χ3v) is 3.58. The van der Waals surface area contributed by atoms with Gasteiger partial charge in [0, 0.05) is 25.5 Å². The maximum Gasteiger partial charge on any atom is 0.272 e. The van der Waals surface area contributed by atoms with Crippen molar-refractivity contribution in [2.75, 3.05) is 18.8 Å². The fourth-order valence-electron chi connectivity index (χ4n) is 1.85. The highest BCUT2D eigenvalue weighted by atomic mass is 79.9. The largest absolute Gasteiger partial charge is 0.381 e. The van der Waals surface area contributed by atoms with E-state index < -0.39 is 0 Å². The van der Waals surface area contributed by atoms with Crippen LogP contribution in [0, 0.1) is 0 Å². The summed E-state index contributed by atoms with van der Waals surface area (Å²) in [5.74, 6) is 0.314. The molecule has 0 saturated heterocycles. The van der Waals surface area contributed by atoms with Gasteiger partial charge in [-0.25, -0.2) is 4.68 Å². The lowest BCUT2D eigenvalue weighted by atomic mass is 10.3. The molecule has 0 spiro atoms. The molecule has 0 aliphatic heterocycles. The maximum absolute atomic E-state index is 12.3. The lowest BCUT2D eigenvalue weighted by Crippen LogP contribution is -2.31. The van der Waals surface area contributed by atoms with Gasteiger partial charge in [0.1, 0.15) is 5.69 Å².